The third-order valence-corrected chi connectivity index (χ3v) is 8.81. The van der Waals surface area contributed by atoms with E-state index in [4.69, 9.17) is 11.6 Å². The summed E-state index contributed by atoms with van der Waals surface area (Å²) in [5.41, 5.74) is -0.129. The van der Waals surface area contributed by atoms with Crippen LogP contribution >= 0.6 is 23.4 Å². The van der Waals surface area contributed by atoms with Crippen LogP contribution in [-0.4, -0.2) is 31.8 Å². The molecule has 3 aromatic carbocycles. The van der Waals surface area contributed by atoms with Gasteiger partial charge in [-0.2, -0.15) is 23.5 Å². The maximum absolute atomic E-state index is 14.1. The van der Waals surface area contributed by atoms with E-state index in [9.17, 15) is 36.8 Å². The van der Waals surface area contributed by atoms with Gasteiger partial charge in [0.15, 0.2) is 11.3 Å². The summed E-state index contributed by atoms with van der Waals surface area (Å²) in [6.45, 7) is 1.51. The number of amides is 2. The molecule has 2 unspecified atom stereocenters. The van der Waals surface area contributed by atoms with Gasteiger partial charge in [-0.25, -0.2) is 18.3 Å². The summed E-state index contributed by atoms with van der Waals surface area (Å²) in [5.74, 6) is -3.41. The summed E-state index contributed by atoms with van der Waals surface area (Å²) in [6.07, 6.45) is -3.65. The lowest BCUT2D eigenvalue weighted by Gasteiger charge is -2.17. The van der Waals surface area contributed by atoms with Crippen LogP contribution in [0.25, 0.3) is 16.8 Å². The number of benzene rings is 3. The number of rotatable bonds is 6. The molecule has 0 bridgehead atoms. The number of halogens is 6. The number of hydrogen-bond donors (Lipinski definition) is 2. The average molecular weight is 669 g/mol. The second-order valence-corrected chi connectivity index (χ2v) is 11.9. The van der Waals surface area contributed by atoms with Gasteiger partial charge in [0, 0.05) is 27.4 Å². The van der Waals surface area contributed by atoms with Gasteiger partial charge in [0.2, 0.25) is 0 Å². The molecular weight excluding hydrogens is 651 g/mol. The van der Waals surface area contributed by atoms with Gasteiger partial charge < -0.3 is 10.6 Å². The van der Waals surface area contributed by atoms with Crippen LogP contribution in [0.5, 0.6) is 0 Å². The predicted octanol–water partition coefficient (Wildman–Crippen LogP) is 7.32. The maximum Gasteiger partial charge on any atom is 0.416 e. The first-order valence-electron chi connectivity index (χ1n) is 13.3. The van der Waals surface area contributed by atoms with Crippen LogP contribution in [0.4, 0.5) is 27.6 Å². The lowest BCUT2D eigenvalue weighted by molar-refractivity contribution is -0.137. The Kier molecular flexibility index (Phi) is 7.91. The standard InChI is InChI=1S/C31H18ClF5N6O2S/c1-14-21(29(45)42-30-27(46-30)22-11-18(33)2-4-23(22)32)8-15(20-3-5-26-39-13-40-43(26)25(20)12-38)9-24(14)41-28(44)16-6-17(31(35,36)37)10-19(34)7-16/h2-11,13,27,30H,1H3,(H,41,44)(H,42,45). The number of nitrogens with zero attached hydrogens (tertiary/aromatic N) is 4. The summed E-state index contributed by atoms with van der Waals surface area (Å²) in [6, 6.07) is 13.5. The zero-order chi connectivity index (χ0) is 32.9. The van der Waals surface area contributed by atoms with Crippen LogP contribution in [0.1, 0.15) is 48.4 Å². The number of carbonyl (C=O) groups is 2. The SMILES string of the molecule is Cc1c(NC(=O)c2cc(F)cc(C(F)(F)F)c2)cc(-c2ccc3ncnn3c2C#N)cc1C(=O)NC1SC1c1cc(F)ccc1Cl. The predicted molar refractivity (Wildman–Crippen MR) is 160 cm³/mol. The smallest absolute Gasteiger partial charge is 0.339 e. The zero-order valence-corrected chi connectivity index (χ0v) is 24.9. The molecule has 2 aromatic heterocycles. The Morgan fingerprint density at radius 3 is 2.54 bits per heavy atom. The molecule has 8 nitrogen and oxygen atoms in total. The molecule has 15 heteroatoms. The van der Waals surface area contributed by atoms with Gasteiger partial charge in [-0.3, -0.25) is 9.59 Å². The third kappa shape index (κ3) is 5.99. The van der Waals surface area contributed by atoms with Crippen molar-refractivity contribution in [3.05, 3.63) is 117 Å². The van der Waals surface area contributed by atoms with E-state index in [0.717, 1.165) is 0 Å². The van der Waals surface area contributed by atoms with E-state index >= 15 is 0 Å². The van der Waals surface area contributed by atoms with E-state index in [0.29, 0.717) is 33.9 Å². The van der Waals surface area contributed by atoms with E-state index in [-0.39, 0.29) is 39.4 Å². The number of thioether (sulfide) groups is 1. The molecule has 1 aliphatic heterocycles. The summed E-state index contributed by atoms with van der Waals surface area (Å²) >= 11 is 7.56. The van der Waals surface area contributed by atoms with Crippen LogP contribution in [0.3, 0.4) is 0 Å². The maximum atomic E-state index is 14.1. The molecule has 3 heterocycles. The van der Waals surface area contributed by atoms with Crippen molar-refractivity contribution in [1.82, 2.24) is 19.9 Å². The first kappa shape index (κ1) is 31.0. The van der Waals surface area contributed by atoms with Crippen LogP contribution < -0.4 is 10.6 Å². The fourth-order valence-corrected chi connectivity index (χ4v) is 6.20. The highest BCUT2D eigenvalue weighted by molar-refractivity contribution is 8.07. The Morgan fingerprint density at radius 2 is 1.80 bits per heavy atom. The molecule has 2 atom stereocenters. The Bertz CT molecular complexity index is 2110. The van der Waals surface area contributed by atoms with Crippen LogP contribution in [0.15, 0.2) is 67.0 Å². The highest BCUT2D eigenvalue weighted by Gasteiger charge is 2.42. The lowest BCUT2D eigenvalue weighted by atomic mass is 9.96. The van der Waals surface area contributed by atoms with E-state index in [1.807, 2.05) is 0 Å². The van der Waals surface area contributed by atoms with Crippen molar-refractivity contribution in [3.63, 3.8) is 0 Å². The second-order valence-electron chi connectivity index (χ2n) is 10.2. The summed E-state index contributed by atoms with van der Waals surface area (Å²) < 4.78 is 69.2. The van der Waals surface area contributed by atoms with Crippen molar-refractivity contribution in [2.75, 3.05) is 5.32 Å². The van der Waals surface area contributed by atoms with Crippen molar-refractivity contribution in [3.8, 4) is 17.2 Å². The number of nitriles is 1. The van der Waals surface area contributed by atoms with Gasteiger partial charge in [0.25, 0.3) is 11.8 Å². The second kappa shape index (κ2) is 11.7. The number of anilines is 1. The summed E-state index contributed by atoms with van der Waals surface area (Å²) in [4.78, 5) is 30.9. The number of fused-ring (bicyclic) bond motifs is 1. The lowest BCUT2D eigenvalue weighted by Crippen LogP contribution is -2.27. The van der Waals surface area contributed by atoms with E-state index in [1.165, 1.54) is 59.9 Å². The van der Waals surface area contributed by atoms with Crippen LogP contribution in [0.2, 0.25) is 5.02 Å². The molecule has 46 heavy (non-hydrogen) atoms. The van der Waals surface area contributed by atoms with E-state index in [1.54, 1.807) is 12.1 Å². The van der Waals surface area contributed by atoms with E-state index < -0.39 is 46.1 Å². The van der Waals surface area contributed by atoms with Crippen molar-refractivity contribution in [1.29, 1.82) is 5.26 Å². The molecule has 1 saturated heterocycles. The van der Waals surface area contributed by atoms with Crippen molar-refractivity contribution >= 4 is 46.5 Å². The number of pyridine rings is 1. The van der Waals surface area contributed by atoms with Gasteiger partial charge in [-0.05, 0) is 84.3 Å². The number of hydrogen-bond acceptors (Lipinski definition) is 6. The summed E-state index contributed by atoms with van der Waals surface area (Å²) in [5, 5.41) is 18.9. The summed E-state index contributed by atoms with van der Waals surface area (Å²) in [7, 11) is 0. The van der Waals surface area contributed by atoms with Gasteiger partial charge in [-0.1, -0.05) is 11.6 Å². The minimum Gasteiger partial charge on any atom is -0.339 e. The fraction of sp³-hybridized carbons (Fsp3) is 0.129. The monoisotopic (exact) mass is 668 g/mol. The van der Waals surface area contributed by atoms with Gasteiger partial charge >= 0.3 is 6.18 Å². The van der Waals surface area contributed by atoms with E-state index in [2.05, 4.69) is 26.8 Å². The van der Waals surface area contributed by atoms with Gasteiger partial charge in [-0.15, -0.1) is 11.8 Å². The quantitative estimate of drug-likeness (QED) is 0.145. The number of aromatic nitrogens is 3. The molecular formula is C31H18ClF5N6O2S. The largest absolute Gasteiger partial charge is 0.416 e. The van der Waals surface area contributed by atoms with Gasteiger partial charge in [0.05, 0.1) is 16.2 Å². The molecule has 2 amide bonds. The normalized spacial score (nSPS) is 15.8. The highest BCUT2D eigenvalue weighted by atomic mass is 35.5. The van der Waals surface area contributed by atoms with Crippen molar-refractivity contribution < 1.29 is 31.5 Å². The first-order valence-corrected chi connectivity index (χ1v) is 14.6. The number of nitrogens with one attached hydrogen (secondary N) is 2. The molecule has 0 saturated carbocycles. The van der Waals surface area contributed by atoms with Crippen LogP contribution in [0, 0.1) is 29.9 Å². The molecule has 5 aromatic rings. The van der Waals surface area contributed by atoms with Crippen molar-refractivity contribution in [2.24, 2.45) is 0 Å². The molecule has 2 N–H and O–H groups in total. The third-order valence-electron chi connectivity index (χ3n) is 7.27. The fourth-order valence-electron chi connectivity index (χ4n) is 4.94. The highest BCUT2D eigenvalue weighted by Crippen LogP contribution is 2.55. The Hall–Kier alpha value is -5.00. The van der Waals surface area contributed by atoms with Crippen LogP contribution in [-0.2, 0) is 6.18 Å². The molecule has 1 aliphatic rings. The number of alkyl halides is 3. The minimum atomic E-state index is -4.90. The topological polar surface area (TPSA) is 112 Å². The Labute approximate surface area is 266 Å². The average Bonchev–Trinajstić information content (AvgIpc) is 3.59. The molecule has 0 aliphatic carbocycles. The Morgan fingerprint density at radius 1 is 1.02 bits per heavy atom. The van der Waals surface area contributed by atoms with Gasteiger partial charge in [0.1, 0.15) is 24.0 Å². The Balaban J connectivity index is 1.39. The molecule has 0 radical (unpaired) electrons. The minimum absolute atomic E-state index is 0.0150. The molecule has 6 rings (SSSR count). The first-order chi connectivity index (χ1) is 21.8. The van der Waals surface area contributed by atoms with Crippen molar-refractivity contribution in [2.45, 2.75) is 23.7 Å². The molecule has 1 fully saturated rings. The molecule has 0 spiro atoms. The molecule has 232 valence electrons. The zero-order valence-electron chi connectivity index (χ0n) is 23.3. The number of carbonyl (C=O) groups excluding carboxylic acids is 2.